The van der Waals surface area contributed by atoms with Gasteiger partial charge in [0.25, 0.3) is 0 Å². The molecule has 1 rings (SSSR count). The molecule has 3 N–H and O–H groups in total. The molecule has 0 atom stereocenters. The van der Waals surface area contributed by atoms with Gasteiger partial charge >= 0.3 is 0 Å². The molecular weight excluding hydrogens is 200 g/mol. The summed E-state index contributed by atoms with van der Waals surface area (Å²) in [6.45, 7) is 10.1. The van der Waals surface area contributed by atoms with Crippen LogP contribution >= 0.6 is 0 Å². The van der Waals surface area contributed by atoms with Crippen molar-refractivity contribution in [1.82, 2.24) is 0 Å². The van der Waals surface area contributed by atoms with Gasteiger partial charge in [0, 0.05) is 30.1 Å². The Balaban J connectivity index is 2.72. The van der Waals surface area contributed by atoms with Gasteiger partial charge in [-0.1, -0.05) is 20.8 Å². The molecule has 0 bridgehead atoms. The molecule has 0 spiro atoms. The number of hydrogen-bond acceptors (Lipinski definition) is 3. The zero-order valence-electron chi connectivity index (χ0n) is 10.6. The zero-order valence-corrected chi connectivity index (χ0v) is 10.6. The molecule has 0 aliphatic carbocycles. The lowest BCUT2D eigenvalue weighted by molar-refractivity contribution is 0.340. The highest BCUT2D eigenvalue weighted by atomic mass is 16.5. The third kappa shape index (κ3) is 4.43. The second-order valence-electron chi connectivity index (χ2n) is 5.14. The Morgan fingerprint density at radius 3 is 2.50 bits per heavy atom. The fourth-order valence-corrected chi connectivity index (χ4v) is 1.34. The molecule has 90 valence electrons. The standard InChI is InChI=1S/C13H22N2O/c1-5-16-12-7-10(14)6-11(8-12)15-9-13(2,3)4/h6-8,15H,5,9,14H2,1-4H3. The van der Waals surface area contributed by atoms with Crippen LogP contribution in [0.2, 0.25) is 0 Å². The molecule has 3 heteroatoms. The Morgan fingerprint density at radius 1 is 1.25 bits per heavy atom. The van der Waals surface area contributed by atoms with E-state index in [1.807, 2.05) is 25.1 Å². The number of hydrogen-bond donors (Lipinski definition) is 2. The third-order valence-electron chi connectivity index (χ3n) is 2.06. The van der Waals surface area contributed by atoms with E-state index in [9.17, 15) is 0 Å². The summed E-state index contributed by atoms with van der Waals surface area (Å²) in [7, 11) is 0. The van der Waals surface area contributed by atoms with Crippen molar-refractivity contribution in [3.63, 3.8) is 0 Å². The van der Waals surface area contributed by atoms with Crippen LogP contribution in [0.5, 0.6) is 5.75 Å². The molecule has 0 saturated heterocycles. The number of benzene rings is 1. The smallest absolute Gasteiger partial charge is 0.123 e. The van der Waals surface area contributed by atoms with Gasteiger partial charge < -0.3 is 15.8 Å². The number of nitrogens with two attached hydrogens (primary N) is 1. The number of nitrogens with one attached hydrogen (secondary N) is 1. The number of ether oxygens (including phenoxy) is 1. The van der Waals surface area contributed by atoms with Gasteiger partial charge in [-0.15, -0.1) is 0 Å². The minimum absolute atomic E-state index is 0.246. The Hall–Kier alpha value is -1.38. The van der Waals surface area contributed by atoms with Gasteiger partial charge in [0.15, 0.2) is 0 Å². The van der Waals surface area contributed by atoms with E-state index in [-0.39, 0.29) is 5.41 Å². The Bertz CT molecular complexity index is 342. The monoisotopic (exact) mass is 222 g/mol. The normalized spacial score (nSPS) is 11.2. The van der Waals surface area contributed by atoms with Crippen LogP contribution in [0.25, 0.3) is 0 Å². The summed E-state index contributed by atoms with van der Waals surface area (Å²) < 4.78 is 5.44. The minimum Gasteiger partial charge on any atom is -0.494 e. The first kappa shape index (κ1) is 12.7. The van der Waals surface area contributed by atoms with Gasteiger partial charge in [-0.05, 0) is 18.4 Å². The largest absolute Gasteiger partial charge is 0.494 e. The Labute approximate surface area is 98.0 Å². The van der Waals surface area contributed by atoms with Crippen molar-refractivity contribution in [2.75, 3.05) is 24.2 Å². The van der Waals surface area contributed by atoms with Gasteiger partial charge in [-0.2, -0.15) is 0 Å². The van der Waals surface area contributed by atoms with Crippen molar-refractivity contribution in [1.29, 1.82) is 0 Å². The molecule has 1 aromatic rings. The van der Waals surface area contributed by atoms with Gasteiger partial charge in [0.1, 0.15) is 5.75 Å². The van der Waals surface area contributed by atoms with Crippen LogP contribution in [0.3, 0.4) is 0 Å². The summed E-state index contributed by atoms with van der Waals surface area (Å²) in [5.41, 5.74) is 7.79. The van der Waals surface area contributed by atoms with Crippen LogP contribution in [-0.2, 0) is 0 Å². The lowest BCUT2D eigenvalue weighted by Crippen LogP contribution is -2.19. The SMILES string of the molecule is CCOc1cc(N)cc(NCC(C)(C)C)c1. The zero-order chi connectivity index (χ0) is 12.2. The maximum atomic E-state index is 5.81. The van der Waals surface area contributed by atoms with Crippen LogP contribution < -0.4 is 15.8 Å². The highest BCUT2D eigenvalue weighted by molar-refractivity contribution is 5.59. The Kier molecular flexibility index (Phi) is 4.05. The minimum atomic E-state index is 0.246. The van der Waals surface area contributed by atoms with E-state index >= 15 is 0 Å². The van der Waals surface area contributed by atoms with Crippen LogP contribution in [-0.4, -0.2) is 13.2 Å². The topological polar surface area (TPSA) is 47.3 Å². The molecule has 1 aromatic carbocycles. The van der Waals surface area contributed by atoms with Crippen molar-refractivity contribution in [2.24, 2.45) is 5.41 Å². The predicted molar refractivity (Wildman–Crippen MR) is 70.0 cm³/mol. The highest BCUT2D eigenvalue weighted by Gasteiger charge is 2.09. The van der Waals surface area contributed by atoms with E-state index in [2.05, 4.69) is 26.1 Å². The first-order chi connectivity index (χ1) is 7.40. The van der Waals surface area contributed by atoms with Gasteiger partial charge in [0.2, 0.25) is 0 Å². The fraction of sp³-hybridized carbons (Fsp3) is 0.538. The van der Waals surface area contributed by atoms with E-state index in [1.54, 1.807) is 0 Å². The number of rotatable bonds is 4. The van der Waals surface area contributed by atoms with Crippen molar-refractivity contribution >= 4 is 11.4 Å². The molecule has 0 amide bonds. The average Bonchev–Trinajstić information content (AvgIpc) is 2.13. The Morgan fingerprint density at radius 2 is 1.94 bits per heavy atom. The average molecular weight is 222 g/mol. The lowest BCUT2D eigenvalue weighted by Gasteiger charge is -2.20. The lowest BCUT2D eigenvalue weighted by atomic mass is 9.97. The third-order valence-corrected chi connectivity index (χ3v) is 2.06. The second kappa shape index (κ2) is 5.10. The molecular formula is C13H22N2O. The van der Waals surface area contributed by atoms with Crippen molar-refractivity contribution in [2.45, 2.75) is 27.7 Å². The quantitative estimate of drug-likeness (QED) is 0.769. The maximum Gasteiger partial charge on any atom is 0.123 e. The first-order valence-corrected chi connectivity index (χ1v) is 5.68. The van der Waals surface area contributed by atoms with E-state index in [0.717, 1.165) is 23.7 Å². The molecule has 0 heterocycles. The molecule has 0 radical (unpaired) electrons. The van der Waals surface area contributed by atoms with Crippen LogP contribution in [0.4, 0.5) is 11.4 Å². The predicted octanol–water partition coefficient (Wildman–Crippen LogP) is 3.13. The molecule has 0 aliphatic rings. The van der Waals surface area contributed by atoms with Crippen molar-refractivity contribution in [3.05, 3.63) is 18.2 Å². The van der Waals surface area contributed by atoms with E-state index in [0.29, 0.717) is 6.61 Å². The highest BCUT2D eigenvalue weighted by Crippen LogP contribution is 2.24. The van der Waals surface area contributed by atoms with Crippen LogP contribution in [0.1, 0.15) is 27.7 Å². The fourth-order valence-electron chi connectivity index (χ4n) is 1.34. The number of anilines is 2. The van der Waals surface area contributed by atoms with Gasteiger partial charge in [-0.25, -0.2) is 0 Å². The summed E-state index contributed by atoms with van der Waals surface area (Å²) in [6.07, 6.45) is 0. The summed E-state index contributed by atoms with van der Waals surface area (Å²) in [5.74, 6) is 0.818. The summed E-state index contributed by atoms with van der Waals surface area (Å²) in [4.78, 5) is 0. The molecule has 0 fully saturated rings. The summed E-state index contributed by atoms with van der Waals surface area (Å²) in [5, 5.41) is 3.36. The van der Waals surface area contributed by atoms with Crippen LogP contribution in [0, 0.1) is 5.41 Å². The molecule has 3 nitrogen and oxygen atoms in total. The van der Waals surface area contributed by atoms with E-state index in [1.165, 1.54) is 0 Å². The van der Waals surface area contributed by atoms with Crippen molar-refractivity contribution in [3.8, 4) is 5.75 Å². The van der Waals surface area contributed by atoms with Crippen LogP contribution in [0.15, 0.2) is 18.2 Å². The summed E-state index contributed by atoms with van der Waals surface area (Å²) >= 11 is 0. The van der Waals surface area contributed by atoms with Gasteiger partial charge in [-0.3, -0.25) is 0 Å². The van der Waals surface area contributed by atoms with E-state index < -0.39 is 0 Å². The molecule has 16 heavy (non-hydrogen) atoms. The molecule has 0 saturated carbocycles. The maximum absolute atomic E-state index is 5.81. The molecule has 0 aliphatic heterocycles. The molecule has 0 aromatic heterocycles. The number of nitrogen functional groups attached to an aromatic ring is 1. The van der Waals surface area contributed by atoms with Crippen molar-refractivity contribution < 1.29 is 4.74 Å². The first-order valence-electron chi connectivity index (χ1n) is 5.68. The second-order valence-corrected chi connectivity index (χ2v) is 5.14. The van der Waals surface area contributed by atoms with E-state index in [4.69, 9.17) is 10.5 Å². The molecule has 0 unspecified atom stereocenters. The summed E-state index contributed by atoms with van der Waals surface area (Å²) in [6, 6.07) is 5.74. The van der Waals surface area contributed by atoms with Gasteiger partial charge in [0.05, 0.1) is 6.61 Å².